The van der Waals surface area contributed by atoms with Gasteiger partial charge < -0.3 is 5.73 Å². The number of nitrogens with two attached hydrogens (primary N) is 1. The quantitative estimate of drug-likeness (QED) is 0.315. The zero-order valence-corrected chi connectivity index (χ0v) is 14.1. The van der Waals surface area contributed by atoms with Gasteiger partial charge in [0.25, 0.3) is 5.56 Å². The number of benzene rings is 1. The number of anilines is 1. The molecule has 10 heteroatoms. The van der Waals surface area contributed by atoms with Crippen LogP contribution in [-0.2, 0) is 9.59 Å². The molecule has 3 rings (SSSR count). The third kappa shape index (κ3) is 2.33. The lowest BCUT2D eigenvalue weighted by atomic mass is 9.75. The van der Waals surface area contributed by atoms with Gasteiger partial charge in [-0.1, -0.05) is 10.9 Å². The van der Waals surface area contributed by atoms with E-state index in [0.29, 0.717) is 22.4 Å². The third-order valence-electron chi connectivity index (χ3n) is 4.75. The number of piperidine rings is 1. The first-order valence-electron chi connectivity index (χ1n) is 7.84. The maximum absolute atomic E-state index is 13.1. The Balaban J connectivity index is 2.33. The van der Waals surface area contributed by atoms with Gasteiger partial charge in [-0.2, -0.15) is 0 Å². The lowest BCUT2D eigenvalue weighted by Crippen LogP contribution is -2.48. The zero-order chi connectivity index (χ0) is 17.8. The Morgan fingerprint density at radius 1 is 1.33 bits per heavy atom. The number of aryl methyl sites for hydroxylation is 1. The smallest absolute Gasteiger partial charge is 0.264 e. The van der Waals surface area contributed by atoms with Crippen molar-refractivity contribution < 1.29 is 9.59 Å². The van der Waals surface area contributed by atoms with Crippen LogP contribution < -0.4 is 27.5 Å². The first-order valence-corrected chi connectivity index (χ1v) is 7.84. The maximum Gasteiger partial charge on any atom is 0.264 e. The summed E-state index contributed by atoms with van der Waals surface area (Å²) in [5, 5.41) is 2.62. The molecule has 120 valence electrons. The highest BCUT2D eigenvalue weighted by atomic mass is 16.2. The van der Waals surface area contributed by atoms with E-state index in [2.05, 4.69) is 10.3 Å². The maximum atomic E-state index is 13.1. The van der Waals surface area contributed by atoms with Crippen molar-refractivity contribution in [3.8, 4) is 0 Å². The molecule has 2 amide bonds. The topological polar surface area (TPSA) is 107 Å². The van der Waals surface area contributed by atoms with Crippen molar-refractivity contribution in [2.24, 2.45) is 0 Å². The van der Waals surface area contributed by atoms with Gasteiger partial charge in [0.2, 0.25) is 11.8 Å². The summed E-state index contributed by atoms with van der Waals surface area (Å²) >= 11 is 0. The van der Waals surface area contributed by atoms with Crippen LogP contribution >= 0.6 is 0 Å². The molecule has 2 atom stereocenters. The van der Waals surface area contributed by atoms with E-state index >= 15 is 0 Å². The lowest BCUT2D eigenvalue weighted by molar-refractivity contribution is -0.135. The summed E-state index contributed by atoms with van der Waals surface area (Å²) in [5.74, 6) is -0.668. The van der Waals surface area contributed by atoms with Crippen LogP contribution in [0.15, 0.2) is 10.9 Å². The number of amides is 2. The molecule has 1 aliphatic heterocycles. The summed E-state index contributed by atoms with van der Waals surface area (Å²) in [4.78, 5) is 41.5. The van der Waals surface area contributed by atoms with E-state index in [4.69, 9.17) is 5.73 Å². The number of carbonyl (C=O) groups excluding carboxylic acids is 2. The van der Waals surface area contributed by atoms with E-state index in [1.54, 1.807) is 20.8 Å². The molecule has 1 fully saturated rings. The van der Waals surface area contributed by atoms with Crippen molar-refractivity contribution in [2.45, 2.75) is 25.2 Å². The fourth-order valence-corrected chi connectivity index (χ4v) is 3.40. The van der Waals surface area contributed by atoms with E-state index in [1.807, 2.05) is 15.7 Å². The summed E-state index contributed by atoms with van der Waals surface area (Å²) in [6, 6.07) is 0.974. The normalized spacial score (nSPS) is 21.0. The van der Waals surface area contributed by atoms with Crippen molar-refractivity contribution in [1.29, 1.82) is 0 Å². The van der Waals surface area contributed by atoms with E-state index in [-0.39, 0.29) is 23.7 Å². The number of hydrogen-bond donors (Lipinski definition) is 2. The van der Waals surface area contributed by atoms with Gasteiger partial charge in [-0.25, -0.2) is 4.98 Å². The van der Waals surface area contributed by atoms with Gasteiger partial charge in [-0.05, 0) is 18.8 Å². The molecular formula is C14H17B3N4O3. The molecular weight excluding hydrogens is 305 g/mol. The first-order chi connectivity index (χ1) is 11.2. The van der Waals surface area contributed by atoms with Crippen LogP contribution in [0.1, 0.15) is 18.3 Å². The number of hydrogen-bond acceptors (Lipinski definition) is 5. The molecule has 1 aliphatic rings. The second-order valence-electron chi connectivity index (χ2n) is 6.50. The monoisotopic (exact) mass is 322 g/mol. The van der Waals surface area contributed by atoms with Crippen LogP contribution in [0, 0.1) is 6.92 Å². The van der Waals surface area contributed by atoms with Crippen LogP contribution in [0.25, 0.3) is 10.9 Å². The number of carbonyl (C=O) groups is 2. The van der Waals surface area contributed by atoms with Gasteiger partial charge in [-0.3, -0.25) is 24.3 Å². The van der Waals surface area contributed by atoms with Gasteiger partial charge in [0.1, 0.15) is 35.4 Å². The average molecular weight is 322 g/mol. The van der Waals surface area contributed by atoms with E-state index < -0.39 is 11.9 Å². The molecule has 0 aliphatic carbocycles. The summed E-state index contributed by atoms with van der Waals surface area (Å²) in [5.41, 5.74) is 8.47. The van der Waals surface area contributed by atoms with Crippen molar-refractivity contribution in [1.82, 2.24) is 14.9 Å². The van der Waals surface area contributed by atoms with Crippen LogP contribution in [0.5, 0.6) is 0 Å². The molecule has 1 aromatic carbocycles. The second kappa shape index (κ2) is 5.54. The summed E-state index contributed by atoms with van der Waals surface area (Å²) < 4.78 is 1.36. The molecule has 1 aromatic heterocycles. The molecule has 0 saturated carbocycles. The summed E-state index contributed by atoms with van der Waals surface area (Å²) in [7, 11) is 5.58. The molecule has 2 unspecified atom stereocenters. The van der Waals surface area contributed by atoms with Crippen molar-refractivity contribution in [3.63, 3.8) is 0 Å². The number of nitrogens with one attached hydrogen (secondary N) is 1. The third-order valence-corrected chi connectivity index (χ3v) is 4.75. The molecule has 24 heavy (non-hydrogen) atoms. The Kier molecular flexibility index (Phi) is 3.78. The highest BCUT2D eigenvalue weighted by Crippen LogP contribution is 2.28. The standard InChI is InChI=1S/C14H17B3N4O3/c1-4-19-11-9(7(18)2-5(15)10(11)17)14(24)21(4)12-6(16)3-8(22)20-13(12)23/h2,6,12H,3,15-18H2,1H3,(H,20,22,23). The van der Waals surface area contributed by atoms with E-state index in [0.717, 1.165) is 10.9 Å². The molecule has 1 saturated heterocycles. The minimum absolute atomic E-state index is 0.183. The minimum Gasteiger partial charge on any atom is -0.398 e. The molecule has 0 bridgehead atoms. The predicted molar refractivity (Wildman–Crippen MR) is 101 cm³/mol. The van der Waals surface area contributed by atoms with Gasteiger partial charge in [0, 0.05) is 12.1 Å². The van der Waals surface area contributed by atoms with Crippen LogP contribution in [0.2, 0.25) is 5.82 Å². The minimum atomic E-state index is -0.770. The zero-order valence-electron chi connectivity index (χ0n) is 14.1. The largest absolute Gasteiger partial charge is 0.398 e. The van der Waals surface area contributed by atoms with Crippen molar-refractivity contribution >= 4 is 62.9 Å². The fourth-order valence-electron chi connectivity index (χ4n) is 3.40. The predicted octanol–water partition coefficient (Wildman–Crippen LogP) is -4.19. The molecule has 3 N–H and O–H groups in total. The van der Waals surface area contributed by atoms with Gasteiger partial charge in [-0.15, -0.1) is 0 Å². The highest BCUT2D eigenvalue weighted by molar-refractivity contribution is 6.52. The van der Waals surface area contributed by atoms with E-state index in [9.17, 15) is 14.4 Å². The van der Waals surface area contributed by atoms with Crippen LogP contribution in [0.4, 0.5) is 5.69 Å². The van der Waals surface area contributed by atoms with E-state index in [1.165, 1.54) is 4.57 Å². The Labute approximate surface area is 141 Å². The lowest BCUT2D eigenvalue weighted by Gasteiger charge is -2.30. The summed E-state index contributed by atoms with van der Waals surface area (Å²) in [6.07, 6.45) is 0.183. The number of nitrogen functional groups attached to an aromatic ring is 1. The van der Waals surface area contributed by atoms with Gasteiger partial charge >= 0.3 is 0 Å². The molecule has 0 radical (unpaired) electrons. The first kappa shape index (κ1) is 16.4. The Hall–Kier alpha value is -2.51. The van der Waals surface area contributed by atoms with Crippen molar-refractivity contribution in [2.75, 3.05) is 5.73 Å². The number of rotatable bonds is 1. The van der Waals surface area contributed by atoms with Crippen molar-refractivity contribution in [3.05, 3.63) is 22.2 Å². The number of fused-ring (bicyclic) bond motifs is 1. The number of imide groups is 1. The van der Waals surface area contributed by atoms with Gasteiger partial charge in [0.05, 0.1) is 10.9 Å². The average Bonchev–Trinajstić information content (AvgIpc) is 2.46. The molecule has 2 heterocycles. The number of nitrogens with zero attached hydrogens (tertiary/aromatic N) is 2. The van der Waals surface area contributed by atoms with Crippen LogP contribution in [0.3, 0.4) is 0 Å². The van der Waals surface area contributed by atoms with Crippen LogP contribution in [-0.4, -0.2) is 44.9 Å². The molecule has 0 spiro atoms. The fraction of sp³-hybridized carbons (Fsp3) is 0.286. The Morgan fingerprint density at radius 2 is 2.00 bits per heavy atom. The summed E-state index contributed by atoms with van der Waals surface area (Å²) in [6.45, 7) is 1.69. The SMILES string of the molecule is Bc1cc(N)c2c(=O)n(C3C(=O)NC(=O)CC3B)c(C)nc2c1B. The Morgan fingerprint density at radius 3 is 2.62 bits per heavy atom. The van der Waals surface area contributed by atoms with Gasteiger partial charge in [0.15, 0.2) is 0 Å². The molecule has 2 aromatic rings. The number of aromatic nitrogens is 2. The Bertz CT molecular complexity index is 957. The highest BCUT2D eigenvalue weighted by Gasteiger charge is 2.36. The molecule has 7 nitrogen and oxygen atoms in total. The second-order valence-corrected chi connectivity index (χ2v) is 6.50.